The Balaban J connectivity index is 2.39. The molecule has 0 bridgehead atoms. The number of nitrogens with one attached hydrogen (secondary N) is 1. The molecule has 0 fully saturated rings. The van der Waals surface area contributed by atoms with E-state index in [1.165, 1.54) is 5.39 Å². The number of hydrogen-bond donors (Lipinski definition) is 2. The molecule has 1 aromatic heterocycles. The number of fused-ring (bicyclic) bond motifs is 3. The lowest BCUT2D eigenvalue weighted by Crippen LogP contribution is -2.10. The molecule has 0 radical (unpaired) electrons. The van der Waals surface area contributed by atoms with Crippen LogP contribution in [-0.4, -0.2) is 11.6 Å². The Morgan fingerprint density at radius 2 is 2.31 bits per heavy atom. The second-order valence-electron chi connectivity index (χ2n) is 3.34. The van der Waals surface area contributed by atoms with Gasteiger partial charge in [0.1, 0.15) is 12.4 Å². The summed E-state index contributed by atoms with van der Waals surface area (Å²) in [5.41, 5.74) is 8.03. The fourth-order valence-corrected chi connectivity index (χ4v) is 1.83. The van der Waals surface area contributed by atoms with Gasteiger partial charge in [-0.15, -0.1) is 0 Å². The first-order valence-corrected chi connectivity index (χ1v) is 4.34. The van der Waals surface area contributed by atoms with Crippen LogP contribution in [0.25, 0.3) is 10.9 Å². The highest BCUT2D eigenvalue weighted by molar-refractivity contribution is 5.87. The van der Waals surface area contributed by atoms with Crippen molar-refractivity contribution < 1.29 is 4.74 Å². The molecule has 0 saturated carbocycles. The summed E-state index contributed by atoms with van der Waals surface area (Å²) in [5.74, 6) is 0.926. The second-order valence-corrected chi connectivity index (χ2v) is 3.34. The van der Waals surface area contributed by atoms with Gasteiger partial charge in [-0.25, -0.2) is 0 Å². The van der Waals surface area contributed by atoms with E-state index in [1.807, 2.05) is 18.3 Å². The van der Waals surface area contributed by atoms with E-state index >= 15 is 0 Å². The van der Waals surface area contributed by atoms with Crippen LogP contribution in [0, 0.1) is 0 Å². The lowest BCUT2D eigenvalue weighted by Gasteiger charge is -2.00. The first kappa shape index (κ1) is 6.97. The molecule has 0 saturated heterocycles. The number of benzene rings is 1. The van der Waals surface area contributed by atoms with Gasteiger partial charge in [0.25, 0.3) is 0 Å². The minimum atomic E-state index is 0.0303. The summed E-state index contributed by atoms with van der Waals surface area (Å²) in [6.07, 6.45) is 1.91. The van der Waals surface area contributed by atoms with Crippen molar-refractivity contribution in [3.8, 4) is 5.75 Å². The zero-order chi connectivity index (χ0) is 8.84. The first-order valence-electron chi connectivity index (χ1n) is 4.34. The van der Waals surface area contributed by atoms with E-state index in [1.54, 1.807) is 0 Å². The third kappa shape index (κ3) is 0.820. The number of H-pyrrole nitrogens is 1. The van der Waals surface area contributed by atoms with Gasteiger partial charge in [-0.1, -0.05) is 12.1 Å². The molecule has 3 heteroatoms. The lowest BCUT2D eigenvalue weighted by atomic mass is 10.1. The summed E-state index contributed by atoms with van der Waals surface area (Å²) in [6.45, 7) is 0.591. The van der Waals surface area contributed by atoms with Gasteiger partial charge in [0, 0.05) is 17.1 Å². The van der Waals surface area contributed by atoms with Gasteiger partial charge >= 0.3 is 0 Å². The summed E-state index contributed by atoms with van der Waals surface area (Å²) >= 11 is 0. The Kier molecular flexibility index (Phi) is 1.21. The number of aromatic nitrogens is 1. The maximum Gasteiger partial charge on any atom is 0.148 e. The Morgan fingerprint density at radius 1 is 1.38 bits per heavy atom. The Bertz CT molecular complexity index is 461. The lowest BCUT2D eigenvalue weighted by molar-refractivity contribution is 0.336. The number of hydrogen-bond acceptors (Lipinski definition) is 2. The zero-order valence-corrected chi connectivity index (χ0v) is 7.08. The SMILES string of the molecule is NC1COc2c1ccc1cc[nH]c21. The minimum Gasteiger partial charge on any atom is -0.489 e. The fourth-order valence-electron chi connectivity index (χ4n) is 1.83. The molecule has 3 rings (SSSR count). The van der Waals surface area contributed by atoms with Gasteiger partial charge in [0.2, 0.25) is 0 Å². The van der Waals surface area contributed by atoms with Crippen molar-refractivity contribution in [1.29, 1.82) is 0 Å². The molecule has 13 heavy (non-hydrogen) atoms. The van der Waals surface area contributed by atoms with E-state index < -0.39 is 0 Å². The Morgan fingerprint density at radius 3 is 3.23 bits per heavy atom. The van der Waals surface area contributed by atoms with Crippen molar-refractivity contribution in [3.05, 3.63) is 30.0 Å². The predicted molar refractivity (Wildman–Crippen MR) is 50.7 cm³/mol. The van der Waals surface area contributed by atoms with E-state index in [0.29, 0.717) is 6.61 Å². The van der Waals surface area contributed by atoms with Crippen LogP contribution in [-0.2, 0) is 0 Å². The summed E-state index contributed by atoms with van der Waals surface area (Å²) in [6, 6.07) is 6.17. The van der Waals surface area contributed by atoms with Crippen LogP contribution < -0.4 is 10.5 Å². The van der Waals surface area contributed by atoms with Crippen molar-refractivity contribution in [2.24, 2.45) is 5.73 Å². The molecule has 3 N–H and O–H groups in total. The molecule has 0 spiro atoms. The maximum absolute atomic E-state index is 5.87. The van der Waals surface area contributed by atoms with Crippen LogP contribution in [0.5, 0.6) is 5.75 Å². The van der Waals surface area contributed by atoms with Crippen molar-refractivity contribution in [3.63, 3.8) is 0 Å². The molecular weight excluding hydrogens is 164 g/mol. The maximum atomic E-state index is 5.87. The van der Waals surface area contributed by atoms with Gasteiger partial charge in [0.05, 0.1) is 11.6 Å². The average molecular weight is 174 g/mol. The molecule has 2 aromatic rings. The summed E-state index contributed by atoms with van der Waals surface area (Å²) in [5, 5.41) is 1.17. The third-order valence-electron chi connectivity index (χ3n) is 2.52. The second kappa shape index (κ2) is 2.26. The van der Waals surface area contributed by atoms with Gasteiger partial charge in [-0.3, -0.25) is 0 Å². The smallest absolute Gasteiger partial charge is 0.148 e. The Labute approximate surface area is 75.5 Å². The summed E-state index contributed by atoms with van der Waals surface area (Å²) < 4.78 is 5.53. The standard InChI is InChI=1S/C10H10N2O/c11-8-5-13-10-7(8)2-1-6-3-4-12-9(6)10/h1-4,8,12H,5,11H2. The van der Waals surface area contributed by atoms with Crippen LogP contribution in [0.3, 0.4) is 0 Å². The fraction of sp³-hybridized carbons (Fsp3) is 0.200. The zero-order valence-electron chi connectivity index (χ0n) is 7.08. The number of rotatable bonds is 0. The molecule has 1 atom stereocenters. The van der Waals surface area contributed by atoms with Crippen LogP contribution >= 0.6 is 0 Å². The number of aromatic amines is 1. The molecular formula is C10H10N2O. The van der Waals surface area contributed by atoms with Crippen molar-refractivity contribution >= 4 is 10.9 Å². The van der Waals surface area contributed by atoms with E-state index in [2.05, 4.69) is 11.1 Å². The summed E-state index contributed by atoms with van der Waals surface area (Å²) in [7, 11) is 0. The normalized spacial score (nSPS) is 20.2. The van der Waals surface area contributed by atoms with Crippen LogP contribution in [0.4, 0.5) is 0 Å². The Hall–Kier alpha value is -1.48. The van der Waals surface area contributed by atoms with Gasteiger partial charge in [-0.05, 0) is 6.07 Å². The minimum absolute atomic E-state index is 0.0303. The summed E-state index contributed by atoms with van der Waals surface area (Å²) in [4.78, 5) is 3.16. The highest BCUT2D eigenvalue weighted by Crippen LogP contribution is 2.36. The molecule has 1 aromatic carbocycles. The third-order valence-corrected chi connectivity index (χ3v) is 2.52. The van der Waals surface area contributed by atoms with Crippen LogP contribution in [0.15, 0.2) is 24.4 Å². The van der Waals surface area contributed by atoms with E-state index in [0.717, 1.165) is 16.8 Å². The molecule has 3 nitrogen and oxygen atoms in total. The monoisotopic (exact) mass is 174 g/mol. The molecule has 0 aliphatic carbocycles. The van der Waals surface area contributed by atoms with Crippen LogP contribution in [0.2, 0.25) is 0 Å². The van der Waals surface area contributed by atoms with E-state index in [9.17, 15) is 0 Å². The predicted octanol–water partition coefficient (Wildman–Crippen LogP) is 1.56. The first-order chi connectivity index (χ1) is 6.36. The van der Waals surface area contributed by atoms with Gasteiger partial charge in [-0.2, -0.15) is 0 Å². The quantitative estimate of drug-likeness (QED) is 0.636. The van der Waals surface area contributed by atoms with Crippen molar-refractivity contribution in [2.45, 2.75) is 6.04 Å². The van der Waals surface area contributed by atoms with E-state index in [-0.39, 0.29) is 6.04 Å². The van der Waals surface area contributed by atoms with Crippen LogP contribution in [0.1, 0.15) is 11.6 Å². The molecule has 2 heterocycles. The number of ether oxygens (including phenoxy) is 1. The number of nitrogens with two attached hydrogens (primary N) is 1. The molecule has 1 aliphatic rings. The van der Waals surface area contributed by atoms with Crippen molar-refractivity contribution in [2.75, 3.05) is 6.61 Å². The topological polar surface area (TPSA) is 51.0 Å². The van der Waals surface area contributed by atoms with Gasteiger partial charge in [0.15, 0.2) is 0 Å². The highest BCUT2D eigenvalue weighted by atomic mass is 16.5. The van der Waals surface area contributed by atoms with Crippen molar-refractivity contribution in [1.82, 2.24) is 4.98 Å². The molecule has 1 aliphatic heterocycles. The largest absolute Gasteiger partial charge is 0.489 e. The molecule has 1 unspecified atom stereocenters. The highest BCUT2D eigenvalue weighted by Gasteiger charge is 2.22. The molecule has 0 amide bonds. The average Bonchev–Trinajstić information content (AvgIpc) is 2.70. The molecule has 66 valence electrons. The van der Waals surface area contributed by atoms with E-state index in [4.69, 9.17) is 10.5 Å². The van der Waals surface area contributed by atoms with Gasteiger partial charge < -0.3 is 15.5 Å².